The van der Waals surface area contributed by atoms with E-state index in [2.05, 4.69) is 17.1 Å². The van der Waals surface area contributed by atoms with Crippen LogP contribution in [0.2, 0.25) is 0 Å². The summed E-state index contributed by atoms with van der Waals surface area (Å²) in [6, 6.07) is 13.3. The van der Waals surface area contributed by atoms with Crippen LogP contribution in [0.3, 0.4) is 0 Å². The summed E-state index contributed by atoms with van der Waals surface area (Å²) in [5.74, 6) is -3.20. The molecule has 0 unspecified atom stereocenters. The number of benzene rings is 2. The van der Waals surface area contributed by atoms with Crippen LogP contribution < -0.4 is 5.32 Å². The first-order chi connectivity index (χ1) is 22.0. The van der Waals surface area contributed by atoms with E-state index in [0.29, 0.717) is 42.3 Å². The van der Waals surface area contributed by atoms with Crippen molar-refractivity contribution in [2.45, 2.75) is 75.7 Å². The predicted octanol–water partition coefficient (Wildman–Crippen LogP) is 4.30. The summed E-state index contributed by atoms with van der Waals surface area (Å²) in [6.07, 6.45) is -4.41. The van der Waals surface area contributed by atoms with Crippen LogP contribution in [0.15, 0.2) is 48.5 Å². The van der Waals surface area contributed by atoms with Crippen LogP contribution in [0.25, 0.3) is 0 Å². The zero-order chi connectivity index (χ0) is 32.5. The number of hydrogen-bond donors (Lipinski definition) is 2. The lowest BCUT2D eigenvalue weighted by Crippen LogP contribution is -2.50. The molecule has 2 aromatic rings. The van der Waals surface area contributed by atoms with Gasteiger partial charge in [0.05, 0.1) is 32.0 Å². The van der Waals surface area contributed by atoms with Gasteiger partial charge >= 0.3 is 12.1 Å². The minimum atomic E-state index is -5.05. The Kier molecular flexibility index (Phi) is 9.70. The number of piperidine rings is 1. The number of amides is 2. The highest BCUT2D eigenvalue weighted by Gasteiger charge is 2.48. The molecule has 5 atom stereocenters. The van der Waals surface area contributed by atoms with Crippen LogP contribution in [0.4, 0.5) is 18.9 Å². The fourth-order valence-corrected chi connectivity index (χ4v) is 6.88. The van der Waals surface area contributed by atoms with Crippen LogP contribution >= 0.6 is 0 Å². The number of aliphatic hydroxyl groups excluding tert-OH is 1. The van der Waals surface area contributed by atoms with Crippen molar-refractivity contribution >= 4 is 17.5 Å². The molecule has 2 N–H and O–H groups in total. The van der Waals surface area contributed by atoms with Crippen molar-refractivity contribution in [1.29, 1.82) is 0 Å². The first-order valence-electron chi connectivity index (χ1n) is 15.8. The monoisotopic (exact) mass is 647 g/mol. The molecule has 4 aliphatic heterocycles. The number of hydrogen-bond acceptors (Lipinski definition) is 8. The largest absolute Gasteiger partial charge is 0.471 e. The van der Waals surface area contributed by atoms with Gasteiger partial charge < -0.3 is 39.2 Å². The van der Waals surface area contributed by atoms with Crippen LogP contribution in [0.1, 0.15) is 61.7 Å². The zero-order valence-corrected chi connectivity index (χ0v) is 25.7. The van der Waals surface area contributed by atoms with E-state index in [1.165, 1.54) is 0 Å². The van der Waals surface area contributed by atoms with Crippen molar-refractivity contribution in [2.75, 3.05) is 44.7 Å². The summed E-state index contributed by atoms with van der Waals surface area (Å²) in [5.41, 5.74) is 2.72. The highest BCUT2D eigenvalue weighted by atomic mass is 19.4. The first kappa shape index (κ1) is 32.9. The number of likely N-dealkylation sites (tertiary alicyclic amines) is 2. The summed E-state index contributed by atoms with van der Waals surface area (Å²) < 4.78 is 64.3. The molecular formula is C33H40F3N3O7. The fraction of sp³-hybridized carbons (Fsp3) is 0.576. The highest BCUT2D eigenvalue weighted by Crippen LogP contribution is 2.43. The molecule has 1 spiro atoms. The maximum absolute atomic E-state index is 13.1. The smallest absolute Gasteiger partial charge is 0.392 e. The lowest BCUT2D eigenvalue weighted by Gasteiger charge is -2.44. The Morgan fingerprint density at radius 2 is 1.72 bits per heavy atom. The van der Waals surface area contributed by atoms with Crippen molar-refractivity contribution in [2.24, 2.45) is 5.92 Å². The van der Waals surface area contributed by atoms with Gasteiger partial charge in [0, 0.05) is 56.2 Å². The second-order valence-electron chi connectivity index (χ2n) is 12.5. The molecule has 10 nitrogen and oxygen atoms in total. The number of alkyl halides is 3. The van der Waals surface area contributed by atoms with Crippen molar-refractivity contribution in [3.63, 3.8) is 0 Å². The third kappa shape index (κ3) is 7.09. The van der Waals surface area contributed by atoms with E-state index in [1.807, 2.05) is 30.3 Å². The quantitative estimate of drug-likeness (QED) is 0.458. The minimum absolute atomic E-state index is 0.0338. The summed E-state index contributed by atoms with van der Waals surface area (Å²) in [6.45, 7) is 5.37. The lowest BCUT2D eigenvalue weighted by atomic mass is 9.89. The summed E-state index contributed by atoms with van der Waals surface area (Å²) >= 11 is 0. The number of anilines is 1. The summed E-state index contributed by atoms with van der Waals surface area (Å²) in [5, 5.41) is 12.2. The number of aliphatic hydroxyl groups is 1. The second-order valence-corrected chi connectivity index (χ2v) is 12.5. The Bertz CT molecular complexity index is 1380. The van der Waals surface area contributed by atoms with Crippen LogP contribution in [-0.2, 0) is 35.1 Å². The van der Waals surface area contributed by atoms with E-state index < -0.39 is 36.1 Å². The van der Waals surface area contributed by atoms with E-state index in [1.54, 1.807) is 18.2 Å². The normalized spacial score (nSPS) is 28.5. The van der Waals surface area contributed by atoms with E-state index in [9.17, 15) is 27.9 Å². The van der Waals surface area contributed by atoms with Gasteiger partial charge in [-0.1, -0.05) is 43.3 Å². The molecule has 13 heteroatoms. The van der Waals surface area contributed by atoms with Crippen molar-refractivity contribution in [1.82, 2.24) is 9.80 Å². The maximum Gasteiger partial charge on any atom is 0.471 e. The van der Waals surface area contributed by atoms with E-state index in [4.69, 9.17) is 18.9 Å². The average Bonchev–Trinajstić information content (AvgIpc) is 3.73. The van der Waals surface area contributed by atoms with E-state index in [0.717, 1.165) is 37.1 Å². The number of carbonyl (C=O) groups excluding carboxylic acids is 2. The molecule has 46 heavy (non-hydrogen) atoms. The van der Waals surface area contributed by atoms with Crippen molar-refractivity contribution in [3.8, 4) is 0 Å². The van der Waals surface area contributed by atoms with Gasteiger partial charge in [-0.3, -0.25) is 9.59 Å². The Labute approximate surface area is 265 Å². The molecule has 4 heterocycles. The Morgan fingerprint density at radius 3 is 2.39 bits per heavy atom. The van der Waals surface area contributed by atoms with Gasteiger partial charge in [-0.2, -0.15) is 13.2 Å². The molecule has 4 saturated heterocycles. The minimum Gasteiger partial charge on any atom is -0.392 e. The zero-order valence-electron chi connectivity index (χ0n) is 25.7. The molecule has 0 bridgehead atoms. The van der Waals surface area contributed by atoms with Gasteiger partial charge in [-0.15, -0.1) is 0 Å². The highest BCUT2D eigenvalue weighted by molar-refractivity contribution is 5.98. The average molecular weight is 648 g/mol. The first-order valence-corrected chi connectivity index (χ1v) is 15.8. The van der Waals surface area contributed by atoms with E-state index in [-0.39, 0.29) is 37.7 Å². The topological polar surface area (TPSA) is 110 Å². The molecule has 2 amide bonds. The number of rotatable bonds is 7. The van der Waals surface area contributed by atoms with Gasteiger partial charge in [0.1, 0.15) is 6.04 Å². The Balaban J connectivity index is 1.19. The van der Waals surface area contributed by atoms with Crippen LogP contribution in [0, 0.1) is 5.92 Å². The molecule has 4 fully saturated rings. The van der Waals surface area contributed by atoms with E-state index >= 15 is 0 Å². The molecule has 0 aromatic heterocycles. The number of carbonyl (C=O) groups is 2. The SMILES string of the molecule is C[C@@H]1[C@H](CN2CCC3(CC2)OCCO3)O[C@H](c2cccc(NC(=O)[C@@H]3CCCN3C(=O)C(F)(F)F)c2)O[C@@H]1c1ccc(CO)cc1. The lowest BCUT2D eigenvalue weighted by molar-refractivity contribution is -0.278. The van der Waals surface area contributed by atoms with Gasteiger partial charge in [-0.25, -0.2) is 0 Å². The van der Waals surface area contributed by atoms with Gasteiger partial charge in [0.25, 0.3) is 0 Å². The number of nitrogens with one attached hydrogen (secondary N) is 1. The summed E-state index contributed by atoms with van der Waals surface area (Å²) in [4.78, 5) is 27.9. The van der Waals surface area contributed by atoms with Gasteiger partial charge in [0.2, 0.25) is 5.91 Å². The standard InChI is InChI=1S/C33H40F3N3O7/c1-21-27(19-38-14-11-32(12-15-38)43-16-17-44-32)45-30(46-28(21)23-9-7-22(20-40)8-10-23)24-4-2-5-25(18-24)37-29(41)26-6-3-13-39(26)31(42)33(34,35)36/h2,4-5,7-10,18,21,26-28,30,40H,3,6,11-17,19-20H2,1H3,(H,37,41)/t21-,26+,27+,28+,30+/m1/s1. The second kappa shape index (κ2) is 13.6. The van der Waals surface area contributed by atoms with Crippen molar-refractivity contribution < 1.29 is 46.8 Å². The number of halogens is 3. The van der Waals surface area contributed by atoms with Crippen molar-refractivity contribution in [3.05, 3.63) is 65.2 Å². The third-order valence-electron chi connectivity index (χ3n) is 9.48. The molecule has 4 aliphatic rings. The Hall–Kier alpha value is -3.07. The number of ether oxygens (including phenoxy) is 4. The van der Waals surface area contributed by atoms with Crippen LogP contribution in [0.5, 0.6) is 0 Å². The molecule has 2 aromatic carbocycles. The molecular weight excluding hydrogens is 607 g/mol. The molecule has 0 saturated carbocycles. The third-order valence-corrected chi connectivity index (χ3v) is 9.48. The molecule has 0 radical (unpaired) electrons. The number of nitrogens with zero attached hydrogens (tertiary/aromatic N) is 2. The molecule has 250 valence electrons. The van der Waals surface area contributed by atoms with Gasteiger partial charge in [0.15, 0.2) is 12.1 Å². The molecule has 6 rings (SSSR count). The predicted molar refractivity (Wildman–Crippen MR) is 159 cm³/mol. The fourth-order valence-electron chi connectivity index (χ4n) is 6.88. The molecule has 0 aliphatic carbocycles. The van der Waals surface area contributed by atoms with Crippen LogP contribution in [-0.4, -0.2) is 90.2 Å². The maximum atomic E-state index is 13.1. The Morgan fingerprint density at radius 1 is 1.00 bits per heavy atom. The summed E-state index contributed by atoms with van der Waals surface area (Å²) in [7, 11) is 0. The van der Waals surface area contributed by atoms with Gasteiger partial charge in [-0.05, 0) is 36.1 Å².